The van der Waals surface area contributed by atoms with E-state index in [-0.39, 0.29) is 32.9 Å². The largest absolute Gasteiger partial charge is 0.376 e. The number of benzene rings is 1. The molecule has 3 N–H and O–H groups in total. The number of sulfone groups is 1. The lowest BCUT2D eigenvalue weighted by Crippen LogP contribution is -2.39. The zero-order valence-electron chi connectivity index (χ0n) is 13.8. The van der Waals surface area contributed by atoms with Crippen molar-refractivity contribution >= 4 is 38.0 Å². The van der Waals surface area contributed by atoms with Crippen molar-refractivity contribution in [2.45, 2.75) is 15.2 Å². The van der Waals surface area contributed by atoms with Crippen LogP contribution in [-0.2, 0) is 24.1 Å². The summed E-state index contributed by atoms with van der Waals surface area (Å²) in [5.74, 6) is -2.06. The van der Waals surface area contributed by atoms with E-state index >= 15 is 0 Å². The number of anilines is 1. The minimum atomic E-state index is -4.01. The van der Waals surface area contributed by atoms with Gasteiger partial charge in [-0.3, -0.25) is 9.59 Å². The maximum Gasteiger partial charge on any atom is 0.256 e. The highest BCUT2D eigenvalue weighted by Gasteiger charge is 2.28. The van der Waals surface area contributed by atoms with Crippen LogP contribution in [0.5, 0.6) is 0 Å². The number of carbonyl (C=O) groups is 2. The van der Waals surface area contributed by atoms with Gasteiger partial charge >= 0.3 is 0 Å². The number of hydrogen-bond acceptors (Lipinski definition) is 7. The summed E-state index contributed by atoms with van der Waals surface area (Å²) < 4.78 is 48.6. The number of hydrogen-bond donors (Lipinski definition) is 2. The van der Waals surface area contributed by atoms with Crippen LogP contribution in [0.2, 0.25) is 0 Å². The Morgan fingerprint density at radius 1 is 1.22 bits per heavy atom. The standard InChI is InChI=1S/C16H15FN2O6S2/c17-9-1-3-10(4-2-9)27(22,23)13-7-11(14(18)20)16(26-13)19-15(21)12-8-24-5-6-25-12/h1-4,7,12H,5-6,8H2,(H2,18,20)(H,19,21). The minimum Gasteiger partial charge on any atom is -0.376 e. The minimum absolute atomic E-state index is 0.0117. The Bertz CT molecular complexity index is 965. The second-order valence-electron chi connectivity index (χ2n) is 5.55. The number of carbonyl (C=O) groups excluding carboxylic acids is 2. The summed E-state index contributed by atoms with van der Waals surface area (Å²) >= 11 is 0.675. The van der Waals surface area contributed by atoms with E-state index in [0.29, 0.717) is 17.9 Å². The first kappa shape index (κ1) is 19.4. The molecule has 1 aromatic heterocycles. The molecule has 1 aromatic carbocycles. The molecule has 8 nitrogen and oxygen atoms in total. The third-order valence-corrected chi connectivity index (χ3v) is 7.00. The van der Waals surface area contributed by atoms with Gasteiger partial charge in [-0.1, -0.05) is 0 Å². The Balaban J connectivity index is 1.92. The number of amides is 2. The summed E-state index contributed by atoms with van der Waals surface area (Å²) in [6, 6.07) is 5.33. The van der Waals surface area contributed by atoms with E-state index in [1.165, 1.54) is 0 Å². The van der Waals surface area contributed by atoms with Crippen LogP contribution in [0.25, 0.3) is 0 Å². The molecule has 1 unspecified atom stereocenters. The molecule has 0 bridgehead atoms. The highest BCUT2D eigenvalue weighted by molar-refractivity contribution is 7.93. The summed E-state index contributed by atoms with van der Waals surface area (Å²) in [6.45, 7) is 0.661. The highest BCUT2D eigenvalue weighted by Crippen LogP contribution is 2.34. The molecule has 0 spiro atoms. The number of rotatable bonds is 5. The van der Waals surface area contributed by atoms with E-state index in [9.17, 15) is 22.4 Å². The van der Waals surface area contributed by atoms with Crippen molar-refractivity contribution in [2.24, 2.45) is 5.73 Å². The molecule has 1 fully saturated rings. The van der Waals surface area contributed by atoms with E-state index in [1.54, 1.807) is 0 Å². The Kier molecular flexibility index (Phi) is 5.56. The maximum atomic E-state index is 13.0. The quantitative estimate of drug-likeness (QED) is 0.708. The average molecular weight is 414 g/mol. The normalized spacial score (nSPS) is 17.4. The van der Waals surface area contributed by atoms with Crippen LogP contribution < -0.4 is 11.1 Å². The van der Waals surface area contributed by atoms with Crippen LogP contribution in [0, 0.1) is 5.82 Å². The van der Waals surface area contributed by atoms with Crippen molar-refractivity contribution < 1.29 is 31.9 Å². The maximum absolute atomic E-state index is 13.0. The molecule has 1 saturated heterocycles. The molecule has 144 valence electrons. The zero-order chi connectivity index (χ0) is 19.6. The summed E-state index contributed by atoms with van der Waals surface area (Å²) in [5.41, 5.74) is 5.15. The third-order valence-electron chi connectivity index (χ3n) is 3.71. The average Bonchev–Trinajstić information content (AvgIpc) is 3.08. The number of nitrogens with two attached hydrogens (primary N) is 1. The number of primary amides is 1. The lowest BCUT2D eigenvalue weighted by molar-refractivity contribution is -0.142. The van der Waals surface area contributed by atoms with Crippen molar-refractivity contribution in [1.29, 1.82) is 0 Å². The molecule has 3 rings (SSSR count). The van der Waals surface area contributed by atoms with E-state index < -0.39 is 33.6 Å². The topological polar surface area (TPSA) is 125 Å². The van der Waals surface area contributed by atoms with Crippen molar-refractivity contribution in [1.82, 2.24) is 0 Å². The van der Waals surface area contributed by atoms with E-state index in [4.69, 9.17) is 15.2 Å². The van der Waals surface area contributed by atoms with E-state index in [1.807, 2.05) is 0 Å². The van der Waals surface area contributed by atoms with Crippen molar-refractivity contribution in [2.75, 3.05) is 25.1 Å². The van der Waals surface area contributed by atoms with Crippen LogP contribution in [0.4, 0.5) is 9.39 Å². The predicted octanol–water partition coefficient (Wildman–Crippen LogP) is 1.17. The Morgan fingerprint density at radius 3 is 2.52 bits per heavy atom. The van der Waals surface area contributed by atoms with Gasteiger partial charge < -0.3 is 20.5 Å². The molecule has 2 heterocycles. The monoisotopic (exact) mass is 414 g/mol. The van der Waals surface area contributed by atoms with Gasteiger partial charge in [0.1, 0.15) is 15.0 Å². The zero-order valence-corrected chi connectivity index (χ0v) is 15.4. The smallest absolute Gasteiger partial charge is 0.256 e. The third kappa shape index (κ3) is 4.16. The molecule has 1 aliphatic heterocycles. The fourth-order valence-corrected chi connectivity index (χ4v) is 5.11. The summed E-state index contributed by atoms with van der Waals surface area (Å²) in [5, 5.41) is 2.45. The van der Waals surface area contributed by atoms with Gasteiger partial charge in [0.05, 0.1) is 30.3 Å². The van der Waals surface area contributed by atoms with Gasteiger partial charge in [0, 0.05) is 0 Å². The fraction of sp³-hybridized carbons (Fsp3) is 0.250. The molecule has 27 heavy (non-hydrogen) atoms. The fourth-order valence-electron chi connectivity index (χ4n) is 2.34. The first-order chi connectivity index (χ1) is 12.8. The van der Waals surface area contributed by atoms with Gasteiger partial charge in [-0.2, -0.15) is 0 Å². The number of halogens is 1. The van der Waals surface area contributed by atoms with Gasteiger partial charge in [0.2, 0.25) is 9.84 Å². The molecule has 11 heteroatoms. The molecule has 1 atom stereocenters. The van der Waals surface area contributed by atoms with Gasteiger partial charge in [-0.05, 0) is 30.3 Å². The summed E-state index contributed by atoms with van der Waals surface area (Å²) in [7, 11) is -4.01. The lowest BCUT2D eigenvalue weighted by Gasteiger charge is -2.21. The molecule has 1 aliphatic rings. The summed E-state index contributed by atoms with van der Waals surface area (Å²) in [6.07, 6.45) is -0.876. The van der Waals surface area contributed by atoms with Crippen molar-refractivity contribution in [3.05, 3.63) is 41.7 Å². The molecule has 0 radical (unpaired) electrons. The lowest BCUT2D eigenvalue weighted by atomic mass is 10.3. The van der Waals surface area contributed by atoms with Crippen LogP contribution in [0.3, 0.4) is 0 Å². The molecule has 2 aromatic rings. The molecule has 0 saturated carbocycles. The second-order valence-corrected chi connectivity index (χ2v) is 8.78. The first-order valence-electron chi connectivity index (χ1n) is 7.73. The molecule has 0 aliphatic carbocycles. The number of thiophene rings is 1. The van der Waals surface area contributed by atoms with Gasteiger partial charge in [0.15, 0.2) is 6.10 Å². The number of ether oxygens (including phenoxy) is 2. The van der Waals surface area contributed by atoms with Crippen LogP contribution >= 0.6 is 11.3 Å². The van der Waals surface area contributed by atoms with Crippen LogP contribution in [0.15, 0.2) is 39.4 Å². The van der Waals surface area contributed by atoms with Gasteiger partial charge in [-0.15, -0.1) is 11.3 Å². The molecular weight excluding hydrogens is 399 g/mol. The SMILES string of the molecule is NC(=O)c1cc(S(=O)(=O)c2ccc(F)cc2)sc1NC(=O)C1COCCO1. The highest BCUT2D eigenvalue weighted by atomic mass is 32.2. The van der Waals surface area contributed by atoms with Gasteiger partial charge in [0.25, 0.3) is 11.8 Å². The predicted molar refractivity (Wildman–Crippen MR) is 93.9 cm³/mol. The number of nitrogens with one attached hydrogen (secondary N) is 1. The van der Waals surface area contributed by atoms with Crippen LogP contribution in [-0.4, -0.2) is 46.2 Å². The van der Waals surface area contributed by atoms with E-state index in [2.05, 4.69) is 5.32 Å². The van der Waals surface area contributed by atoms with Gasteiger partial charge in [-0.25, -0.2) is 12.8 Å². The van der Waals surface area contributed by atoms with Crippen molar-refractivity contribution in [3.63, 3.8) is 0 Å². The second kappa shape index (κ2) is 7.72. The Morgan fingerprint density at radius 2 is 1.93 bits per heavy atom. The first-order valence-corrected chi connectivity index (χ1v) is 10.0. The molecular formula is C16H15FN2O6S2. The molecule has 2 amide bonds. The van der Waals surface area contributed by atoms with Crippen LogP contribution in [0.1, 0.15) is 10.4 Å². The summed E-state index contributed by atoms with van der Waals surface area (Å²) in [4.78, 5) is 23.8. The van der Waals surface area contributed by atoms with E-state index in [0.717, 1.165) is 30.3 Å². The Labute approximate surface area is 158 Å². The Hall–Kier alpha value is -2.34. The van der Waals surface area contributed by atoms with Crippen molar-refractivity contribution in [3.8, 4) is 0 Å².